The van der Waals surface area contributed by atoms with Crippen molar-refractivity contribution in [1.29, 1.82) is 0 Å². The highest BCUT2D eigenvalue weighted by Crippen LogP contribution is 2.15. The summed E-state index contributed by atoms with van der Waals surface area (Å²) in [7, 11) is 0. The van der Waals surface area contributed by atoms with E-state index in [-0.39, 0.29) is 17.7 Å². The Balaban J connectivity index is 1.97. The molecule has 1 heterocycles. The van der Waals surface area contributed by atoms with E-state index < -0.39 is 0 Å². The minimum atomic E-state index is -0.101. The third kappa shape index (κ3) is 3.78. The number of aryl methyl sites for hydroxylation is 2. The molecule has 1 aromatic heterocycles. The van der Waals surface area contributed by atoms with Crippen LogP contribution in [0.5, 0.6) is 0 Å². The van der Waals surface area contributed by atoms with Gasteiger partial charge in [-0.1, -0.05) is 0 Å². The zero-order valence-corrected chi connectivity index (χ0v) is 13.3. The Morgan fingerprint density at radius 2 is 1.86 bits per heavy atom. The summed E-state index contributed by atoms with van der Waals surface area (Å²) in [4.78, 5) is 27.5. The van der Waals surface area contributed by atoms with Crippen molar-refractivity contribution < 1.29 is 9.59 Å². The normalized spacial score (nSPS) is 12.0. The van der Waals surface area contributed by atoms with Gasteiger partial charge in [0.25, 0.3) is 0 Å². The van der Waals surface area contributed by atoms with Crippen LogP contribution in [0.4, 0.5) is 5.69 Å². The molecule has 1 atom stereocenters. The van der Waals surface area contributed by atoms with Gasteiger partial charge in [0.15, 0.2) is 5.78 Å². The first-order valence-electron chi connectivity index (χ1n) is 7.17. The summed E-state index contributed by atoms with van der Waals surface area (Å²) in [5.41, 5.74) is 1.30. The first-order valence-corrected chi connectivity index (χ1v) is 7.17. The van der Waals surface area contributed by atoms with Crippen LogP contribution in [0.2, 0.25) is 0 Å². The molecule has 0 bridgehead atoms. The molecule has 1 aromatic carbocycles. The highest BCUT2D eigenvalue weighted by Gasteiger charge is 2.15. The average Bonchev–Trinajstić information content (AvgIpc) is 2.78. The lowest BCUT2D eigenvalue weighted by atomic mass is 10.1. The van der Waals surface area contributed by atoms with Crippen molar-refractivity contribution in [3.05, 3.63) is 41.5 Å². The van der Waals surface area contributed by atoms with E-state index in [2.05, 4.69) is 15.4 Å². The lowest BCUT2D eigenvalue weighted by molar-refractivity contribution is -0.116. The number of carbonyl (C=O) groups is 2. The van der Waals surface area contributed by atoms with E-state index in [9.17, 15) is 9.59 Å². The third-order valence-electron chi connectivity index (χ3n) is 3.38. The number of anilines is 1. The number of ketones is 1. The number of benzene rings is 1. The van der Waals surface area contributed by atoms with Crippen LogP contribution in [0.3, 0.4) is 0 Å². The topological polar surface area (TPSA) is 76.9 Å². The Morgan fingerprint density at radius 1 is 1.23 bits per heavy atom. The van der Waals surface area contributed by atoms with Crippen molar-refractivity contribution in [2.24, 2.45) is 0 Å². The Bertz CT molecular complexity index is 689. The Morgan fingerprint density at radius 3 is 2.36 bits per heavy atom. The molecule has 0 fully saturated rings. The maximum atomic E-state index is 12.1. The van der Waals surface area contributed by atoms with Gasteiger partial charge in [0, 0.05) is 17.7 Å². The minimum Gasteiger partial charge on any atom is -0.326 e. The van der Waals surface area contributed by atoms with E-state index in [1.54, 1.807) is 28.9 Å². The highest BCUT2D eigenvalue weighted by atomic mass is 16.1. The van der Waals surface area contributed by atoms with E-state index in [4.69, 9.17) is 0 Å². The Hall–Kier alpha value is -2.50. The standard InChI is InChI=1S/C16H20N4O2/c1-10(20-13(4)17-12(3)19-20)9-16(22)18-15-7-5-14(6-8-15)11(2)21/h5-8,10H,9H2,1-4H3,(H,18,22)/t10-/m0/s1. The second-order valence-corrected chi connectivity index (χ2v) is 5.39. The van der Waals surface area contributed by atoms with Crippen molar-refractivity contribution in [2.45, 2.75) is 40.2 Å². The predicted molar refractivity (Wildman–Crippen MR) is 83.9 cm³/mol. The molecule has 0 saturated carbocycles. The molecule has 116 valence electrons. The maximum Gasteiger partial charge on any atom is 0.226 e. The minimum absolute atomic E-state index is 0.00326. The van der Waals surface area contributed by atoms with E-state index in [0.29, 0.717) is 23.5 Å². The van der Waals surface area contributed by atoms with E-state index in [1.165, 1.54) is 6.92 Å². The summed E-state index contributed by atoms with van der Waals surface area (Å²) < 4.78 is 1.76. The third-order valence-corrected chi connectivity index (χ3v) is 3.38. The maximum absolute atomic E-state index is 12.1. The van der Waals surface area contributed by atoms with E-state index in [0.717, 1.165) is 5.82 Å². The lowest BCUT2D eigenvalue weighted by Crippen LogP contribution is -2.19. The zero-order valence-electron chi connectivity index (χ0n) is 13.3. The van der Waals surface area contributed by atoms with Gasteiger partial charge < -0.3 is 5.32 Å². The summed E-state index contributed by atoms with van der Waals surface area (Å²) in [6.45, 7) is 7.14. The number of hydrogen-bond donors (Lipinski definition) is 1. The molecule has 0 aliphatic rings. The molecule has 2 aromatic rings. The lowest BCUT2D eigenvalue weighted by Gasteiger charge is -2.13. The van der Waals surface area contributed by atoms with Gasteiger partial charge in [-0.15, -0.1) is 0 Å². The monoisotopic (exact) mass is 300 g/mol. The van der Waals surface area contributed by atoms with Gasteiger partial charge in [-0.05, 0) is 52.0 Å². The van der Waals surface area contributed by atoms with Crippen molar-refractivity contribution in [3.63, 3.8) is 0 Å². The molecule has 22 heavy (non-hydrogen) atoms. The molecule has 2 rings (SSSR count). The molecular formula is C16H20N4O2. The molecule has 0 aliphatic heterocycles. The molecule has 0 radical (unpaired) electrons. The molecule has 0 aliphatic carbocycles. The van der Waals surface area contributed by atoms with E-state index >= 15 is 0 Å². The van der Waals surface area contributed by atoms with Crippen LogP contribution >= 0.6 is 0 Å². The molecule has 1 amide bonds. The molecule has 1 N–H and O–H groups in total. The van der Waals surface area contributed by atoms with Gasteiger partial charge in [-0.3, -0.25) is 9.59 Å². The van der Waals surface area contributed by atoms with Crippen LogP contribution in [0.1, 0.15) is 48.3 Å². The van der Waals surface area contributed by atoms with Crippen LogP contribution in [0, 0.1) is 13.8 Å². The van der Waals surface area contributed by atoms with Crippen molar-refractivity contribution in [1.82, 2.24) is 14.8 Å². The molecule has 0 spiro atoms. The summed E-state index contributed by atoms with van der Waals surface area (Å²) in [6, 6.07) is 6.78. The number of hydrogen-bond acceptors (Lipinski definition) is 4. The smallest absolute Gasteiger partial charge is 0.226 e. The fourth-order valence-corrected chi connectivity index (χ4v) is 2.31. The summed E-state index contributed by atoms with van der Waals surface area (Å²) >= 11 is 0. The number of rotatable bonds is 5. The van der Waals surface area contributed by atoms with Crippen molar-refractivity contribution in [2.75, 3.05) is 5.32 Å². The Labute approximate surface area is 129 Å². The van der Waals surface area contributed by atoms with Gasteiger partial charge in [-0.25, -0.2) is 9.67 Å². The van der Waals surface area contributed by atoms with Crippen LogP contribution < -0.4 is 5.32 Å². The predicted octanol–water partition coefficient (Wildman–Crippen LogP) is 2.69. The number of nitrogens with one attached hydrogen (secondary N) is 1. The van der Waals surface area contributed by atoms with Crippen LogP contribution in [-0.2, 0) is 4.79 Å². The first-order chi connectivity index (χ1) is 10.4. The summed E-state index contributed by atoms with van der Waals surface area (Å²) in [5, 5.41) is 7.11. The zero-order chi connectivity index (χ0) is 16.3. The number of carbonyl (C=O) groups excluding carboxylic acids is 2. The van der Waals surface area contributed by atoms with Crippen LogP contribution in [-0.4, -0.2) is 26.5 Å². The number of aromatic nitrogens is 3. The van der Waals surface area contributed by atoms with E-state index in [1.807, 2.05) is 20.8 Å². The second kappa shape index (κ2) is 6.51. The van der Waals surface area contributed by atoms with Crippen molar-refractivity contribution in [3.8, 4) is 0 Å². The molecule has 0 saturated heterocycles. The van der Waals surface area contributed by atoms with Gasteiger partial charge >= 0.3 is 0 Å². The van der Waals surface area contributed by atoms with Crippen LogP contribution in [0.25, 0.3) is 0 Å². The highest BCUT2D eigenvalue weighted by molar-refractivity contribution is 5.95. The number of nitrogens with zero attached hydrogens (tertiary/aromatic N) is 3. The molecule has 6 heteroatoms. The second-order valence-electron chi connectivity index (χ2n) is 5.39. The van der Waals surface area contributed by atoms with Gasteiger partial charge in [0.05, 0.1) is 6.04 Å². The number of Topliss-reactive ketones (excluding diaryl/α,β-unsaturated/α-hetero) is 1. The van der Waals surface area contributed by atoms with Gasteiger partial charge in [0.1, 0.15) is 11.6 Å². The first kappa shape index (κ1) is 15.9. The van der Waals surface area contributed by atoms with Gasteiger partial charge in [0.2, 0.25) is 5.91 Å². The summed E-state index contributed by atoms with van der Waals surface area (Å²) in [6.07, 6.45) is 0.304. The van der Waals surface area contributed by atoms with Crippen LogP contribution in [0.15, 0.2) is 24.3 Å². The molecular weight excluding hydrogens is 280 g/mol. The fourth-order valence-electron chi connectivity index (χ4n) is 2.31. The molecule has 0 unspecified atom stereocenters. The SMILES string of the molecule is CC(=O)c1ccc(NC(=O)C[C@H](C)n2nc(C)nc2C)cc1. The Kier molecular flexibility index (Phi) is 4.70. The quantitative estimate of drug-likeness (QED) is 0.861. The average molecular weight is 300 g/mol. The van der Waals surface area contributed by atoms with Gasteiger partial charge in [-0.2, -0.15) is 5.10 Å². The largest absolute Gasteiger partial charge is 0.326 e. The number of amides is 1. The fraction of sp³-hybridized carbons (Fsp3) is 0.375. The summed E-state index contributed by atoms with van der Waals surface area (Å²) in [5.74, 6) is 1.40. The van der Waals surface area contributed by atoms with Crippen molar-refractivity contribution >= 4 is 17.4 Å². The molecule has 6 nitrogen and oxygen atoms in total.